The Labute approximate surface area is 138 Å². The predicted octanol–water partition coefficient (Wildman–Crippen LogP) is 4.71. The molecule has 2 nitrogen and oxygen atoms in total. The van der Waals surface area contributed by atoms with Gasteiger partial charge in [-0.05, 0) is 49.5 Å². The average Bonchev–Trinajstić information content (AvgIpc) is 2.57. The van der Waals surface area contributed by atoms with Gasteiger partial charge in [-0.25, -0.2) is 4.79 Å². The molecule has 1 aromatic carbocycles. The summed E-state index contributed by atoms with van der Waals surface area (Å²) in [5.41, 5.74) is 0.955. The second kappa shape index (κ2) is 5.51. The molecule has 122 valence electrons. The monoisotopic (exact) mass is 310 g/mol. The molecular formula is C21H26O2. The van der Waals surface area contributed by atoms with Gasteiger partial charge in [-0.1, -0.05) is 43.8 Å². The summed E-state index contributed by atoms with van der Waals surface area (Å²) in [6, 6.07) is 10.6. The zero-order valence-electron chi connectivity index (χ0n) is 13.9. The molecule has 0 aliphatic heterocycles. The van der Waals surface area contributed by atoms with Gasteiger partial charge in [0.1, 0.15) is 5.60 Å². The lowest BCUT2D eigenvalue weighted by Crippen LogP contribution is -2.62. The van der Waals surface area contributed by atoms with Crippen LogP contribution in [0, 0.1) is 23.7 Å². The maximum Gasteiger partial charge on any atom is 0.330 e. The van der Waals surface area contributed by atoms with Gasteiger partial charge in [0, 0.05) is 23.8 Å². The minimum absolute atomic E-state index is 0.239. The van der Waals surface area contributed by atoms with E-state index in [0.717, 1.165) is 11.8 Å². The summed E-state index contributed by atoms with van der Waals surface area (Å²) >= 11 is 0. The van der Waals surface area contributed by atoms with Gasteiger partial charge in [-0.2, -0.15) is 0 Å². The van der Waals surface area contributed by atoms with E-state index < -0.39 is 0 Å². The van der Waals surface area contributed by atoms with Crippen molar-refractivity contribution in [3.63, 3.8) is 0 Å². The number of esters is 1. The molecule has 0 radical (unpaired) electrons. The minimum atomic E-state index is -0.333. The van der Waals surface area contributed by atoms with Gasteiger partial charge in [0.25, 0.3) is 0 Å². The average molecular weight is 310 g/mol. The maximum absolute atomic E-state index is 12.2. The Morgan fingerprint density at radius 2 is 1.70 bits per heavy atom. The van der Waals surface area contributed by atoms with Crippen LogP contribution in [0.4, 0.5) is 0 Å². The lowest BCUT2D eigenvalue weighted by Gasteiger charge is -2.62. The summed E-state index contributed by atoms with van der Waals surface area (Å²) < 4.78 is 6.22. The lowest BCUT2D eigenvalue weighted by atomic mass is 9.47. The quantitative estimate of drug-likeness (QED) is 0.594. The Morgan fingerprint density at radius 3 is 2.22 bits per heavy atom. The van der Waals surface area contributed by atoms with Crippen molar-refractivity contribution in [2.24, 2.45) is 23.7 Å². The molecule has 1 unspecified atom stereocenters. The molecule has 0 amide bonds. The van der Waals surface area contributed by atoms with E-state index in [1.165, 1.54) is 43.7 Å². The Balaban J connectivity index is 1.76. The van der Waals surface area contributed by atoms with E-state index in [-0.39, 0.29) is 17.5 Å². The van der Waals surface area contributed by atoms with Gasteiger partial charge in [-0.3, -0.25) is 0 Å². The van der Waals surface area contributed by atoms with Crippen LogP contribution < -0.4 is 0 Å². The van der Waals surface area contributed by atoms with Gasteiger partial charge in [0.15, 0.2) is 0 Å². The second-order valence-corrected chi connectivity index (χ2v) is 7.92. The molecule has 4 bridgehead atoms. The molecule has 23 heavy (non-hydrogen) atoms. The lowest BCUT2D eigenvalue weighted by molar-refractivity contribution is -0.212. The normalized spacial score (nSPS) is 39.0. The van der Waals surface area contributed by atoms with Gasteiger partial charge in [0.05, 0.1) is 0 Å². The second-order valence-electron chi connectivity index (χ2n) is 7.92. The van der Waals surface area contributed by atoms with Crippen LogP contribution in [0.3, 0.4) is 0 Å². The van der Waals surface area contributed by atoms with E-state index in [9.17, 15) is 4.79 Å². The summed E-state index contributed by atoms with van der Waals surface area (Å²) in [5.74, 6) is 2.73. The fraction of sp³-hybridized carbons (Fsp3) is 0.571. The van der Waals surface area contributed by atoms with E-state index in [1.54, 1.807) is 0 Å². The van der Waals surface area contributed by atoms with Crippen molar-refractivity contribution in [1.29, 1.82) is 0 Å². The highest BCUT2D eigenvalue weighted by Gasteiger charge is 2.61. The third-order valence-electron chi connectivity index (χ3n) is 6.83. The smallest absolute Gasteiger partial charge is 0.330 e. The van der Waals surface area contributed by atoms with E-state index >= 15 is 0 Å². The summed E-state index contributed by atoms with van der Waals surface area (Å²) in [6.07, 6.45) is 7.66. The number of hydrogen-bond acceptors (Lipinski definition) is 2. The van der Waals surface area contributed by atoms with Crippen LogP contribution in [0.5, 0.6) is 0 Å². The van der Waals surface area contributed by atoms with Crippen LogP contribution in [0.2, 0.25) is 0 Å². The van der Waals surface area contributed by atoms with Crippen molar-refractivity contribution in [3.05, 3.63) is 48.6 Å². The minimum Gasteiger partial charge on any atom is -0.455 e. The highest BCUT2D eigenvalue weighted by molar-refractivity contribution is 5.81. The van der Waals surface area contributed by atoms with E-state index in [4.69, 9.17) is 4.74 Å². The Kier molecular flexibility index (Phi) is 3.59. The van der Waals surface area contributed by atoms with Crippen LogP contribution in [0.25, 0.3) is 0 Å². The van der Waals surface area contributed by atoms with Crippen molar-refractivity contribution < 1.29 is 9.53 Å². The molecule has 5 rings (SSSR count). The molecule has 1 atom stereocenters. The first kappa shape index (κ1) is 15.0. The first-order valence-corrected chi connectivity index (χ1v) is 9.03. The third-order valence-corrected chi connectivity index (χ3v) is 6.83. The van der Waals surface area contributed by atoms with Gasteiger partial charge >= 0.3 is 5.97 Å². The molecule has 0 heterocycles. The van der Waals surface area contributed by atoms with Crippen molar-refractivity contribution >= 4 is 5.97 Å². The number of hydrogen-bond donors (Lipinski definition) is 0. The Hall–Kier alpha value is -1.57. The standard InChI is InChI=1S/C21H26O2/c1-3-20(22)23-21(14(2)17-7-5-4-6-8-17)18-10-15-9-16(12-18)13-19(21)11-15/h3-8,14-16,18-19H,1,9-13H2,2H3. The topological polar surface area (TPSA) is 26.3 Å². The molecule has 0 saturated heterocycles. The van der Waals surface area contributed by atoms with Crippen molar-refractivity contribution in [1.82, 2.24) is 0 Å². The fourth-order valence-corrected chi connectivity index (χ4v) is 6.10. The molecular weight excluding hydrogens is 284 g/mol. The number of ether oxygens (including phenoxy) is 1. The zero-order valence-corrected chi connectivity index (χ0v) is 13.9. The van der Waals surface area contributed by atoms with Crippen LogP contribution in [-0.4, -0.2) is 11.6 Å². The van der Waals surface area contributed by atoms with Gasteiger partial charge in [-0.15, -0.1) is 0 Å². The molecule has 4 saturated carbocycles. The van der Waals surface area contributed by atoms with E-state index in [2.05, 4.69) is 43.8 Å². The number of benzene rings is 1. The first-order chi connectivity index (χ1) is 11.1. The number of carbonyl (C=O) groups is 1. The zero-order chi connectivity index (χ0) is 16.0. The summed E-state index contributed by atoms with van der Waals surface area (Å²) in [6.45, 7) is 5.89. The summed E-state index contributed by atoms with van der Waals surface area (Å²) in [7, 11) is 0. The van der Waals surface area contributed by atoms with Crippen LogP contribution in [-0.2, 0) is 9.53 Å². The van der Waals surface area contributed by atoms with E-state index in [0.29, 0.717) is 11.8 Å². The Bertz CT molecular complexity index is 576. The molecule has 2 heteroatoms. The maximum atomic E-state index is 12.2. The fourth-order valence-electron chi connectivity index (χ4n) is 6.10. The molecule has 4 fully saturated rings. The number of carbonyl (C=O) groups excluding carboxylic acids is 1. The Morgan fingerprint density at radius 1 is 1.13 bits per heavy atom. The molecule has 4 aliphatic carbocycles. The molecule has 0 aromatic heterocycles. The van der Waals surface area contributed by atoms with E-state index in [1.807, 2.05) is 0 Å². The van der Waals surface area contributed by atoms with Gasteiger partial charge < -0.3 is 4.74 Å². The van der Waals surface area contributed by atoms with Crippen molar-refractivity contribution in [2.45, 2.75) is 50.5 Å². The highest BCUT2D eigenvalue weighted by atomic mass is 16.6. The SMILES string of the molecule is C=CC(=O)OC1(C(C)c2ccccc2)C2CC3CC(C2)CC1C3. The summed E-state index contributed by atoms with van der Waals surface area (Å²) in [4.78, 5) is 12.2. The third kappa shape index (κ3) is 2.26. The van der Waals surface area contributed by atoms with Gasteiger partial charge in [0.2, 0.25) is 0 Å². The van der Waals surface area contributed by atoms with Crippen molar-refractivity contribution in [3.8, 4) is 0 Å². The molecule has 0 spiro atoms. The van der Waals surface area contributed by atoms with Crippen LogP contribution in [0.15, 0.2) is 43.0 Å². The number of rotatable bonds is 4. The predicted molar refractivity (Wildman–Crippen MR) is 90.9 cm³/mol. The first-order valence-electron chi connectivity index (χ1n) is 9.03. The van der Waals surface area contributed by atoms with Crippen molar-refractivity contribution in [2.75, 3.05) is 0 Å². The van der Waals surface area contributed by atoms with Crippen LogP contribution >= 0.6 is 0 Å². The van der Waals surface area contributed by atoms with Crippen LogP contribution in [0.1, 0.15) is 50.5 Å². The summed E-state index contributed by atoms with van der Waals surface area (Å²) in [5, 5.41) is 0. The molecule has 1 aromatic rings. The highest BCUT2D eigenvalue weighted by Crippen LogP contribution is 2.63. The largest absolute Gasteiger partial charge is 0.455 e. The molecule has 0 N–H and O–H groups in total. The molecule has 4 aliphatic rings.